The van der Waals surface area contributed by atoms with Crippen molar-refractivity contribution in [2.24, 2.45) is 0 Å². The molecule has 0 radical (unpaired) electrons. The first kappa shape index (κ1) is 42.5. The van der Waals surface area contributed by atoms with Gasteiger partial charge in [-0.15, -0.1) is 0 Å². The van der Waals surface area contributed by atoms with E-state index < -0.39 is 0 Å². The van der Waals surface area contributed by atoms with Gasteiger partial charge in [0.25, 0.3) is 0 Å². The van der Waals surface area contributed by atoms with E-state index in [-0.39, 0.29) is 12.4 Å². The summed E-state index contributed by atoms with van der Waals surface area (Å²) < 4.78 is 1.15. The minimum absolute atomic E-state index is 0. The van der Waals surface area contributed by atoms with Crippen LogP contribution in [0.25, 0.3) is 0 Å². The lowest BCUT2D eigenvalue weighted by atomic mass is 9.96. The van der Waals surface area contributed by atoms with Crippen LogP contribution in [0.2, 0.25) is 0 Å². The summed E-state index contributed by atoms with van der Waals surface area (Å²) in [6, 6.07) is 12.1. The maximum atomic E-state index is 2.50. The molecular formula is C41H78ClN. The van der Waals surface area contributed by atoms with E-state index in [1.807, 2.05) is 0 Å². The van der Waals surface area contributed by atoms with Crippen LogP contribution in [0, 0.1) is 0 Å². The third kappa shape index (κ3) is 25.4. The molecule has 254 valence electrons. The fraction of sp³-hybridized carbons (Fsp3) is 0.854. The molecule has 1 aromatic carbocycles. The first-order chi connectivity index (χ1) is 20.6. The van der Waals surface area contributed by atoms with Gasteiger partial charge in [0, 0.05) is 12.0 Å². The smallest absolute Gasteiger partial charge is 0.114 e. The molecule has 1 aromatic rings. The van der Waals surface area contributed by atoms with E-state index in [1.165, 1.54) is 193 Å². The van der Waals surface area contributed by atoms with Crippen LogP contribution in [0.15, 0.2) is 30.3 Å². The second-order valence-electron chi connectivity index (χ2n) is 14.4. The van der Waals surface area contributed by atoms with E-state index in [1.54, 1.807) is 5.56 Å². The predicted molar refractivity (Wildman–Crippen MR) is 191 cm³/mol. The Morgan fingerprint density at radius 2 is 0.721 bits per heavy atom. The molecule has 43 heavy (non-hydrogen) atoms. The quantitative estimate of drug-likeness (QED) is 0.0555. The van der Waals surface area contributed by atoms with Gasteiger partial charge >= 0.3 is 0 Å². The van der Waals surface area contributed by atoms with Crippen LogP contribution in [0.5, 0.6) is 0 Å². The number of hydrogen-bond donors (Lipinski definition) is 0. The van der Waals surface area contributed by atoms with Crippen molar-refractivity contribution in [3.63, 3.8) is 0 Å². The normalized spacial score (nSPS) is 12.4. The van der Waals surface area contributed by atoms with E-state index in [4.69, 9.17) is 0 Å². The van der Waals surface area contributed by atoms with Crippen molar-refractivity contribution in [3.05, 3.63) is 35.9 Å². The first-order valence-electron chi connectivity index (χ1n) is 19.5. The van der Waals surface area contributed by atoms with Crippen LogP contribution in [-0.4, -0.2) is 25.1 Å². The van der Waals surface area contributed by atoms with Crippen molar-refractivity contribution in [3.8, 4) is 0 Å². The molecule has 0 aromatic heterocycles. The highest BCUT2D eigenvalue weighted by molar-refractivity contribution is 5.17. The molecular weight excluding hydrogens is 542 g/mol. The lowest BCUT2D eigenvalue weighted by molar-refractivity contribution is -0.921. The molecule has 1 nitrogen and oxygen atoms in total. The topological polar surface area (TPSA) is 0 Å². The average Bonchev–Trinajstić information content (AvgIpc) is 2.99. The molecule has 0 aliphatic rings. The molecule has 1 atom stereocenters. The van der Waals surface area contributed by atoms with Crippen LogP contribution in [0.3, 0.4) is 0 Å². The van der Waals surface area contributed by atoms with Crippen molar-refractivity contribution < 1.29 is 16.9 Å². The minimum atomic E-state index is 0. The number of nitrogens with zero attached hydrogens (tertiary/aromatic N) is 1. The number of benzene rings is 1. The summed E-state index contributed by atoms with van der Waals surface area (Å²) in [7, 11) is 5.01. The second kappa shape index (κ2) is 31.5. The molecule has 0 spiro atoms. The third-order valence-electron chi connectivity index (χ3n) is 9.95. The van der Waals surface area contributed by atoms with Crippen molar-refractivity contribution >= 4 is 0 Å². The molecule has 1 rings (SSSR count). The SMILES string of the molecule is CCCCCCCCCCCCCCCCC(c1ccccc1)[N+](C)(C)CCCCCCCCCCCCCCCC.[Cl-]. The highest BCUT2D eigenvalue weighted by Gasteiger charge is 2.28. The highest BCUT2D eigenvalue weighted by Crippen LogP contribution is 2.31. The lowest BCUT2D eigenvalue weighted by Crippen LogP contribution is -3.00. The standard InChI is InChI=1S/C41H78N.ClH/c1-5-7-9-11-13-15-17-19-21-23-25-27-29-34-38-41(40-36-32-31-33-37-40)42(3,4)39-35-30-28-26-24-22-20-18-16-14-12-10-8-6-2;/h31-33,36-37,41H,5-30,34-35,38-39H2,1-4H3;1H/q+1;/p-1. The summed E-state index contributed by atoms with van der Waals surface area (Å²) in [5, 5.41) is 0. The van der Waals surface area contributed by atoms with E-state index in [2.05, 4.69) is 58.3 Å². The number of hydrogen-bond acceptors (Lipinski definition) is 0. The summed E-state index contributed by atoms with van der Waals surface area (Å²) in [5.41, 5.74) is 1.56. The maximum Gasteiger partial charge on any atom is 0.114 e. The number of rotatable bonds is 32. The van der Waals surface area contributed by atoms with Gasteiger partial charge in [-0.2, -0.15) is 0 Å². The Labute approximate surface area is 278 Å². The highest BCUT2D eigenvalue weighted by atomic mass is 35.5. The molecule has 0 bridgehead atoms. The summed E-state index contributed by atoms with van der Waals surface area (Å²) >= 11 is 0. The van der Waals surface area contributed by atoms with Gasteiger partial charge in [0.15, 0.2) is 0 Å². The fourth-order valence-corrected chi connectivity index (χ4v) is 7.00. The van der Waals surface area contributed by atoms with Crippen LogP contribution >= 0.6 is 0 Å². The zero-order valence-electron chi connectivity index (χ0n) is 30.0. The molecule has 0 amide bonds. The van der Waals surface area contributed by atoms with E-state index >= 15 is 0 Å². The van der Waals surface area contributed by atoms with Gasteiger partial charge in [0.1, 0.15) is 6.04 Å². The van der Waals surface area contributed by atoms with Crippen molar-refractivity contribution in [2.45, 2.75) is 206 Å². The molecule has 0 aliphatic heterocycles. The Morgan fingerprint density at radius 1 is 0.419 bits per heavy atom. The number of halogens is 1. The van der Waals surface area contributed by atoms with E-state index in [9.17, 15) is 0 Å². The second-order valence-corrected chi connectivity index (χ2v) is 14.4. The van der Waals surface area contributed by atoms with Gasteiger partial charge in [-0.05, 0) is 19.3 Å². The summed E-state index contributed by atoms with van der Waals surface area (Å²) in [6.07, 6.45) is 41.7. The largest absolute Gasteiger partial charge is 1.00 e. The number of quaternary nitrogens is 1. The van der Waals surface area contributed by atoms with Crippen LogP contribution in [-0.2, 0) is 0 Å². The Kier molecular flexibility index (Phi) is 31.1. The van der Waals surface area contributed by atoms with Gasteiger partial charge in [-0.25, -0.2) is 0 Å². The fourth-order valence-electron chi connectivity index (χ4n) is 7.00. The minimum Gasteiger partial charge on any atom is -1.00 e. The van der Waals surface area contributed by atoms with Crippen molar-refractivity contribution in [1.82, 2.24) is 0 Å². The molecule has 2 heteroatoms. The Balaban J connectivity index is 0.0000176. The Bertz CT molecular complexity index is 657. The molecule has 0 fully saturated rings. The first-order valence-corrected chi connectivity index (χ1v) is 19.5. The lowest BCUT2D eigenvalue weighted by Gasteiger charge is -2.39. The molecule has 0 aliphatic carbocycles. The average molecular weight is 621 g/mol. The summed E-state index contributed by atoms with van der Waals surface area (Å²) in [5.74, 6) is 0. The van der Waals surface area contributed by atoms with Gasteiger partial charge in [-0.1, -0.05) is 205 Å². The van der Waals surface area contributed by atoms with Gasteiger partial charge in [-0.3, -0.25) is 0 Å². The summed E-state index contributed by atoms with van der Waals surface area (Å²) in [4.78, 5) is 0. The third-order valence-corrected chi connectivity index (χ3v) is 9.95. The van der Waals surface area contributed by atoms with Crippen LogP contribution in [0.4, 0.5) is 0 Å². The molecule has 0 saturated carbocycles. The van der Waals surface area contributed by atoms with Crippen molar-refractivity contribution in [1.29, 1.82) is 0 Å². The predicted octanol–water partition coefficient (Wildman–Crippen LogP) is 11.2. The van der Waals surface area contributed by atoms with Gasteiger partial charge in [0.05, 0.1) is 20.6 Å². The van der Waals surface area contributed by atoms with E-state index in [0.717, 1.165) is 4.48 Å². The monoisotopic (exact) mass is 620 g/mol. The van der Waals surface area contributed by atoms with Crippen LogP contribution in [0.1, 0.15) is 212 Å². The van der Waals surface area contributed by atoms with Gasteiger partial charge in [0.2, 0.25) is 0 Å². The van der Waals surface area contributed by atoms with Gasteiger partial charge < -0.3 is 16.9 Å². The molecule has 0 N–H and O–H groups in total. The maximum absolute atomic E-state index is 2.50. The van der Waals surface area contributed by atoms with Crippen molar-refractivity contribution in [2.75, 3.05) is 20.6 Å². The zero-order valence-corrected chi connectivity index (χ0v) is 30.8. The molecule has 0 heterocycles. The van der Waals surface area contributed by atoms with E-state index in [0.29, 0.717) is 6.04 Å². The Morgan fingerprint density at radius 3 is 1.07 bits per heavy atom. The van der Waals surface area contributed by atoms with Crippen LogP contribution < -0.4 is 12.4 Å². The Hall–Kier alpha value is -0.530. The summed E-state index contributed by atoms with van der Waals surface area (Å²) in [6.45, 7) is 5.93. The number of unbranched alkanes of at least 4 members (excludes halogenated alkanes) is 26. The molecule has 1 unspecified atom stereocenters. The zero-order chi connectivity index (χ0) is 30.4. The molecule has 0 saturated heterocycles.